The summed E-state index contributed by atoms with van der Waals surface area (Å²) in [5.41, 5.74) is 2.66. The summed E-state index contributed by atoms with van der Waals surface area (Å²) in [4.78, 5) is 22.8. The molecule has 0 saturated carbocycles. The molecule has 1 aliphatic rings. The minimum atomic E-state index is -1.21. The maximum absolute atomic E-state index is 11.6. The van der Waals surface area contributed by atoms with Crippen molar-refractivity contribution >= 4 is 11.9 Å². The first-order chi connectivity index (χ1) is 10.1. The Balaban J connectivity index is 2.18. The van der Waals surface area contributed by atoms with Gasteiger partial charge in [0.2, 0.25) is 0 Å². The zero-order valence-corrected chi connectivity index (χ0v) is 11.2. The summed E-state index contributed by atoms with van der Waals surface area (Å²) in [6.07, 6.45) is 1.69. The van der Waals surface area contributed by atoms with Crippen molar-refractivity contribution < 1.29 is 19.8 Å². The van der Waals surface area contributed by atoms with Crippen LogP contribution in [0.2, 0.25) is 0 Å². The lowest BCUT2D eigenvalue weighted by molar-refractivity contribution is 0.0650. The predicted molar refractivity (Wildman–Crippen MR) is 77.0 cm³/mol. The van der Waals surface area contributed by atoms with Crippen molar-refractivity contribution in [3.63, 3.8) is 0 Å². The van der Waals surface area contributed by atoms with Gasteiger partial charge in [-0.1, -0.05) is 36.4 Å². The Labute approximate surface area is 121 Å². The lowest BCUT2D eigenvalue weighted by atomic mass is 9.87. The molecule has 0 radical (unpaired) electrons. The van der Waals surface area contributed by atoms with Crippen LogP contribution in [0.1, 0.15) is 49.7 Å². The van der Waals surface area contributed by atoms with Crippen molar-refractivity contribution in [3.05, 3.63) is 70.3 Å². The van der Waals surface area contributed by atoms with Crippen molar-refractivity contribution in [2.45, 2.75) is 18.8 Å². The molecular formula is C17H14O4. The van der Waals surface area contributed by atoms with Crippen LogP contribution in [-0.4, -0.2) is 22.2 Å². The number of hydrogen-bond acceptors (Lipinski definition) is 2. The first kappa shape index (κ1) is 13.4. The quantitative estimate of drug-likeness (QED) is 0.906. The highest BCUT2D eigenvalue weighted by atomic mass is 16.4. The molecule has 2 aromatic rings. The molecule has 0 aromatic heterocycles. The van der Waals surface area contributed by atoms with Crippen molar-refractivity contribution in [3.8, 4) is 0 Å². The first-order valence-electron chi connectivity index (χ1n) is 6.77. The van der Waals surface area contributed by atoms with Crippen molar-refractivity contribution in [2.24, 2.45) is 0 Å². The van der Waals surface area contributed by atoms with E-state index in [2.05, 4.69) is 0 Å². The van der Waals surface area contributed by atoms with Gasteiger partial charge in [-0.15, -0.1) is 0 Å². The number of aromatic carboxylic acids is 2. The average Bonchev–Trinajstić information content (AvgIpc) is 2.90. The number of fused-ring (bicyclic) bond motifs is 1. The average molecular weight is 282 g/mol. The molecular weight excluding hydrogens is 268 g/mol. The fourth-order valence-corrected chi connectivity index (χ4v) is 3.16. The summed E-state index contributed by atoms with van der Waals surface area (Å²) in [5.74, 6) is -2.44. The summed E-state index contributed by atoms with van der Waals surface area (Å²) in [5, 5.41) is 18.7. The molecule has 2 N–H and O–H groups in total. The zero-order valence-electron chi connectivity index (χ0n) is 11.2. The minimum Gasteiger partial charge on any atom is -0.478 e. The van der Waals surface area contributed by atoms with E-state index in [0.29, 0.717) is 5.56 Å². The number of carboxylic acid groups (broad SMARTS) is 2. The largest absolute Gasteiger partial charge is 0.478 e. The first-order valence-corrected chi connectivity index (χ1v) is 6.77. The Morgan fingerprint density at radius 1 is 0.905 bits per heavy atom. The summed E-state index contributed by atoms with van der Waals surface area (Å²) in [6, 6.07) is 12.6. The van der Waals surface area contributed by atoms with E-state index in [4.69, 9.17) is 0 Å². The van der Waals surface area contributed by atoms with Gasteiger partial charge in [0.1, 0.15) is 0 Å². The monoisotopic (exact) mass is 282 g/mol. The Hall–Kier alpha value is -2.62. The normalized spacial score (nSPS) is 16.5. The summed E-state index contributed by atoms with van der Waals surface area (Å²) in [6.45, 7) is 0. The topological polar surface area (TPSA) is 74.6 Å². The smallest absolute Gasteiger partial charge is 0.336 e. The predicted octanol–water partition coefficient (Wildman–Crippen LogP) is 3.16. The highest BCUT2D eigenvalue weighted by Crippen LogP contribution is 2.39. The van der Waals surface area contributed by atoms with E-state index < -0.39 is 11.9 Å². The van der Waals surface area contributed by atoms with Crippen LogP contribution < -0.4 is 0 Å². The maximum atomic E-state index is 11.6. The van der Waals surface area contributed by atoms with Gasteiger partial charge in [-0.05, 0) is 35.6 Å². The second-order valence-corrected chi connectivity index (χ2v) is 5.17. The summed E-state index contributed by atoms with van der Waals surface area (Å²) >= 11 is 0. The van der Waals surface area contributed by atoms with Gasteiger partial charge in [-0.25, -0.2) is 9.59 Å². The Morgan fingerprint density at radius 3 is 2.33 bits per heavy atom. The molecule has 3 rings (SSSR count). The SMILES string of the molecule is O=C(O)c1cccc(C2CCc3ccccc32)c1C(=O)O. The van der Waals surface area contributed by atoms with E-state index in [1.807, 2.05) is 24.3 Å². The molecule has 0 bridgehead atoms. The number of carboxylic acids is 2. The summed E-state index contributed by atoms with van der Waals surface area (Å²) in [7, 11) is 0. The lowest BCUT2D eigenvalue weighted by Gasteiger charge is -2.16. The molecule has 4 nitrogen and oxygen atoms in total. The number of rotatable bonds is 3. The third kappa shape index (κ3) is 2.18. The number of benzene rings is 2. The van der Waals surface area contributed by atoms with Crippen LogP contribution in [0.15, 0.2) is 42.5 Å². The van der Waals surface area contributed by atoms with Gasteiger partial charge in [-0.3, -0.25) is 0 Å². The van der Waals surface area contributed by atoms with Gasteiger partial charge in [0.25, 0.3) is 0 Å². The van der Waals surface area contributed by atoms with Crippen molar-refractivity contribution in [2.75, 3.05) is 0 Å². The Morgan fingerprint density at radius 2 is 1.62 bits per heavy atom. The van der Waals surface area contributed by atoms with Crippen LogP contribution in [-0.2, 0) is 6.42 Å². The van der Waals surface area contributed by atoms with Crippen molar-refractivity contribution in [1.29, 1.82) is 0 Å². The number of aryl methyl sites for hydroxylation is 1. The highest BCUT2D eigenvalue weighted by molar-refractivity contribution is 6.03. The molecule has 1 unspecified atom stereocenters. The zero-order chi connectivity index (χ0) is 15.0. The van der Waals surface area contributed by atoms with E-state index in [1.54, 1.807) is 12.1 Å². The van der Waals surface area contributed by atoms with Crippen molar-refractivity contribution in [1.82, 2.24) is 0 Å². The molecule has 106 valence electrons. The van der Waals surface area contributed by atoms with E-state index in [-0.39, 0.29) is 17.0 Å². The van der Waals surface area contributed by atoms with E-state index in [0.717, 1.165) is 18.4 Å². The van der Waals surface area contributed by atoms with Crippen LogP contribution in [0.5, 0.6) is 0 Å². The number of carbonyl (C=O) groups is 2. The van der Waals surface area contributed by atoms with Gasteiger partial charge in [0.05, 0.1) is 11.1 Å². The van der Waals surface area contributed by atoms with Crippen LogP contribution in [0.3, 0.4) is 0 Å². The van der Waals surface area contributed by atoms with Gasteiger partial charge >= 0.3 is 11.9 Å². The van der Waals surface area contributed by atoms with E-state index in [1.165, 1.54) is 11.6 Å². The van der Waals surface area contributed by atoms with E-state index >= 15 is 0 Å². The highest BCUT2D eigenvalue weighted by Gasteiger charge is 2.29. The molecule has 0 aliphatic heterocycles. The molecule has 2 aromatic carbocycles. The van der Waals surface area contributed by atoms with Crippen LogP contribution in [0.4, 0.5) is 0 Å². The Kier molecular flexibility index (Phi) is 3.22. The van der Waals surface area contributed by atoms with Gasteiger partial charge in [0, 0.05) is 5.92 Å². The Bertz CT molecular complexity index is 733. The van der Waals surface area contributed by atoms with Crippen LogP contribution >= 0.6 is 0 Å². The third-order valence-corrected chi connectivity index (χ3v) is 4.05. The fraction of sp³-hybridized carbons (Fsp3) is 0.176. The molecule has 0 saturated heterocycles. The molecule has 0 amide bonds. The molecule has 21 heavy (non-hydrogen) atoms. The summed E-state index contributed by atoms with van der Waals surface area (Å²) < 4.78 is 0. The molecule has 0 heterocycles. The van der Waals surface area contributed by atoms with Gasteiger partial charge in [-0.2, -0.15) is 0 Å². The molecule has 4 heteroatoms. The van der Waals surface area contributed by atoms with Crippen LogP contribution in [0, 0.1) is 0 Å². The maximum Gasteiger partial charge on any atom is 0.336 e. The van der Waals surface area contributed by atoms with E-state index in [9.17, 15) is 19.8 Å². The standard InChI is InChI=1S/C17H14O4/c18-16(19)14-7-3-6-13(15(14)17(20)21)12-9-8-10-4-1-2-5-11(10)12/h1-7,12H,8-9H2,(H,18,19)(H,20,21). The second kappa shape index (κ2) is 5.05. The second-order valence-electron chi connectivity index (χ2n) is 5.17. The van der Waals surface area contributed by atoms with Crippen LogP contribution in [0.25, 0.3) is 0 Å². The molecule has 0 spiro atoms. The molecule has 0 fully saturated rings. The number of hydrogen-bond donors (Lipinski definition) is 2. The minimum absolute atomic E-state index is 0.0494. The molecule has 1 atom stereocenters. The van der Waals surface area contributed by atoms with Gasteiger partial charge in [0.15, 0.2) is 0 Å². The lowest BCUT2D eigenvalue weighted by Crippen LogP contribution is -2.13. The fourth-order valence-electron chi connectivity index (χ4n) is 3.16. The van der Waals surface area contributed by atoms with Gasteiger partial charge < -0.3 is 10.2 Å². The third-order valence-electron chi connectivity index (χ3n) is 4.05. The molecule has 1 aliphatic carbocycles.